The summed E-state index contributed by atoms with van der Waals surface area (Å²) < 4.78 is 0. The molecule has 0 radical (unpaired) electrons. The van der Waals surface area contributed by atoms with E-state index in [2.05, 4.69) is 22.2 Å². The van der Waals surface area contributed by atoms with Crippen molar-refractivity contribution < 1.29 is 9.90 Å². The van der Waals surface area contributed by atoms with E-state index in [9.17, 15) is 4.79 Å². The Bertz CT molecular complexity index is 391. The number of fused-ring (bicyclic) bond motifs is 1. The molecule has 5 nitrogen and oxygen atoms in total. The maximum absolute atomic E-state index is 10.4. The summed E-state index contributed by atoms with van der Waals surface area (Å²) in [4.78, 5) is 18.4. The van der Waals surface area contributed by atoms with Crippen LogP contribution in [0, 0.1) is 0 Å². The Labute approximate surface area is 98.1 Å². The summed E-state index contributed by atoms with van der Waals surface area (Å²) in [5.74, 6) is -0.784. The molecular formula is C10H15N3O2S. The molecule has 0 aliphatic carbocycles. The number of carbonyl (C=O) groups is 1. The first kappa shape index (κ1) is 11.3. The molecule has 88 valence electrons. The van der Waals surface area contributed by atoms with Crippen molar-refractivity contribution in [3.63, 3.8) is 0 Å². The lowest BCUT2D eigenvalue weighted by molar-refractivity contribution is -0.136. The maximum Gasteiger partial charge on any atom is 0.305 e. The SMILES string of the molecule is CN1CCc2nc(NCCC(=O)O)sc2C1. The summed E-state index contributed by atoms with van der Waals surface area (Å²) in [5.41, 5.74) is 1.17. The minimum Gasteiger partial charge on any atom is -0.481 e. The second-order valence-corrected chi connectivity index (χ2v) is 5.03. The van der Waals surface area contributed by atoms with Crippen LogP contribution in [-0.4, -0.2) is 41.1 Å². The van der Waals surface area contributed by atoms with Gasteiger partial charge in [0.15, 0.2) is 5.13 Å². The van der Waals surface area contributed by atoms with E-state index in [0.29, 0.717) is 6.54 Å². The average Bonchev–Trinajstić information content (AvgIpc) is 2.58. The van der Waals surface area contributed by atoms with Gasteiger partial charge in [-0.2, -0.15) is 0 Å². The number of aromatic nitrogens is 1. The molecule has 0 saturated carbocycles. The monoisotopic (exact) mass is 241 g/mol. The fourth-order valence-corrected chi connectivity index (χ4v) is 2.79. The first-order chi connectivity index (χ1) is 7.65. The van der Waals surface area contributed by atoms with Gasteiger partial charge in [-0.25, -0.2) is 4.98 Å². The minimum absolute atomic E-state index is 0.129. The Kier molecular flexibility index (Phi) is 3.40. The molecule has 6 heteroatoms. The van der Waals surface area contributed by atoms with Crippen molar-refractivity contribution in [2.75, 3.05) is 25.5 Å². The van der Waals surface area contributed by atoms with Gasteiger partial charge >= 0.3 is 5.97 Å². The molecule has 2 N–H and O–H groups in total. The smallest absolute Gasteiger partial charge is 0.305 e. The molecule has 0 fully saturated rings. The molecule has 0 bridgehead atoms. The predicted molar refractivity (Wildman–Crippen MR) is 62.9 cm³/mol. The Morgan fingerprint density at radius 1 is 1.69 bits per heavy atom. The van der Waals surface area contributed by atoms with Gasteiger partial charge in [-0.05, 0) is 7.05 Å². The van der Waals surface area contributed by atoms with Gasteiger partial charge in [0.1, 0.15) is 0 Å². The van der Waals surface area contributed by atoms with Crippen LogP contribution in [0.5, 0.6) is 0 Å². The van der Waals surface area contributed by atoms with Crippen LogP contribution in [0.2, 0.25) is 0 Å². The van der Waals surface area contributed by atoms with Gasteiger partial charge in [0.2, 0.25) is 0 Å². The van der Waals surface area contributed by atoms with Crippen molar-refractivity contribution in [3.05, 3.63) is 10.6 Å². The molecule has 0 spiro atoms. The van der Waals surface area contributed by atoms with Crippen LogP contribution in [0.25, 0.3) is 0 Å². The van der Waals surface area contributed by atoms with Gasteiger partial charge < -0.3 is 15.3 Å². The van der Waals surface area contributed by atoms with Gasteiger partial charge in [-0.3, -0.25) is 4.79 Å². The van der Waals surface area contributed by atoms with Crippen LogP contribution in [0.15, 0.2) is 0 Å². The lowest BCUT2D eigenvalue weighted by Crippen LogP contribution is -2.25. The highest BCUT2D eigenvalue weighted by atomic mass is 32.1. The summed E-state index contributed by atoms with van der Waals surface area (Å²) in [6, 6.07) is 0. The summed E-state index contributed by atoms with van der Waals surface area (Å²) in [5, 5.41) is 12.4. The number of carboxylic acids is 1. The van der Waals surface area contributed by atoms with E-state index in [-0.39, 0.29) is 6.42 Å². The summed E-state index contributed by atoms with van der Waals surface area (Å²) in [7, 11) is 2.10. The van der Waals surface area contributed by atoms with E-state index >= 15 is 0 Å². The number of anilines is 1. The third-order valence-corrected chi connectivity index (χ3v) is 3.58. The summed E-state index contributed by atoms with van der Waals surface area (Å²) >= 11 is 1.63. The lowest BCUT2D eigenvalue weighted by atomic mass is 10.2. The topological polar surface area (TPSA) is 65.5 Å². The van der Waals surface area contributed by atoms with Crippen molar-refractivity contribution >= 4 is 22.4 Å². The highest BCUT2D eigenvalue weighted by Crippen LogP contribution is 2.27. The number of hydrogen-bond acceptors (Lipinski definition) is 5. The molecule has 0 unspecified atom stereocenters. The second-order valence-electron chi connectivity index (χ2n) is 3.95. The lowest BCUT2D eigenvalue weighted by Gasteiger charge is -2.20. The number of nitrogens with one attached hydrogen (secondary N) is 1. The normalized spacial score (nSPS) is 15.8. The molecular weight excluding hydrogens is 226 g/mol. The number of rotatable bonds is 4. The van der Waals surface area contributed by atoms with Crippen LogP contribution in [0.4, 0.5) is 5.13 Å². The molecule has 1 aliphatic heterocycles. The number of carboxylic acid groups (broad SMARTS) is 1. The van der Waals surface area contributed by atoms with Crippen LogP contribution in [0.1, 0.15) is 17.0 Å². The molecule has 0 saturated heterocycles. The zero-order valence-electron chi connectivity index (χ0n) is 9.19. The van der Waals surface area contributed by atoms with Gasteiger partial charge in [0.05, 0.1) is 12.1 Å². The molecule has 0 aromatic carbocycles. The average molecular weight is 241 g/mol. The Hall–Kier alpha value is -1.14. The molecule has 1 aliphatic rings. The van der Waals surface area contributed by atoms with Crippen molar-refractivity contribution in [2.45, 2.75) is 19.4 Å². The third kappa shape index (κ3) is 2.70. The Balaban J connectivity index is 1.94. The number of hydrogen-bond donors (Lipinski definition) is 2. The van der Waals surface area contributed by atoms with Gasteiger partial charge in [0.25, 0.3) is 0 Å². The number of nitrogens with zero attached hydrogens (tertiary/aromatic N) is 2. The van der Waals surface area contributed by atoms with E-state index in [1.54, 1.807) is 11.3 Å². The van der Waals surface area contributed by atoms with Crippen LogP contribution >= 0.6 is 11.3 Å². The van der Waals surface area contributed by atoms with Crippen molar-refractivity contribution in [1.82, 2.24) is 9.88 Å². The Morgan fingerprint density at radius 3 is 3.25 bits per heavy atom. The van der Waals surface area contributed by atoms with Crippen LogP contribution < -0.4 is 5.32 Å². The third-order valence-electron chi connectivity index (χ3n) is 2.54. The number of thiazole rings is 1. The number of aliphatic carboxylic acids is 1. The van der Waals surface area contributed by atoms with Gasteiger partial charge in [-0.15, -0.1) is 11.3 Å². The van der Waals surface area contributed by atoms with E-state index in [0.717, 1.165) is 24.6 Å². The zero-order chi connectivity index (χ0) is 11.5. The largest absolute Gasteiger partial charge is 0.481 e. The van der Waals surface area contributed by atoms with E-state index < -0.39 is 5.97 Å². The molecule has 2 rings (SSSR count). The highest BCUT2D eigenvalue weighted by molar-refractivity contribution is 7.15. The quantitative estimate of drug-likeness (QED) is 0.824. The molecule has 1 aromatic rings. The fraction of sp³-hybridized carbons (Fsp3) is 0.600. The van der Waals surface area contributed by atoms with Gasteiger partial charge in [-0.1, -0.05) is 0 Å². The minimum atomic E-state index is -0.784. The van der Waals surface area contributed by atoms with Crippen molar-refractivity contribution in [2.24, 2.45) is 0 Å². The maximum atomic E-state index is 10.4. The van der Waals surface area contributed by atoms with Crippen molar-refractivity contribution in [1.29, 1.82) is 0 Å². The van der Waals surface area contributed by atoms with Crippen LogP contribution in [0.3, 0.4) is 0 Å². The Morgan fingerprint density at radius 2 is 2.50 bits per heavy atom. The molecule has 16 heavy (non-hydrogen) atoms. The van der Waals surface area contributed by atoms with Gasteiger partial charge in [0, 0.05) is 30.9 Å². The molecule has 0 amide bonds. The fourth-order valence-electron chi connectivity index (χ4n) is 1.68. The predicted octanol–water partition coefficient (Wildman–Crippen LogP) is 1.02. The molecule has 1 aromatic heterocycles. The second kappa shape index (κ2) is 4.80. The standard InChI is InChI=1S/C10H15N3O2S/c1-13-5-3-7-8(6-13)16-10(12-7)11-4-2-9(14)15/h2-6H2,1H3,(H,11,12)(H,14,15). The number of likely N-dealkylation sites (N-methyl/N-ethyl adjacent to an activating group) is 1. The van der Waals surface area contributed by atoms with E-state index in [4.69, 9.17) is 5.11 Å². The first-order valence-electron chi connectivity index (χ1n) is 5.28. The zero-order valence-corrected chi connectivity index (χ0v) is 10.0. The highest BCUT2D eigenvalue weighted by Gasteiger charge is 2.17. The van der Waals surface area contributed by atoms with Crippen molar-refractivity contribution in [3.8, 4) is 0 Å². The molecule has 0 atom stereocenters. The summed E-state index contributed by atoms with van der Waals surface area (Å²) in [6.07, 6.45) is 1.12. The molecule has 2 heterocycles. The first-order valence-corrected chi connectivity index (χ1v) is 6.09. The van der Waals surface area contributed by atoms with E-state index in [1.165, 1.54) is 10.6 Å². The van der Waals surface area contributed by atoms with E-state index in [1.807, 2.05) is 0 Å². The van der Waals surface area contributed by atoms with Crippen LogP contribution in [-0.2, 0) is 17.8 Å². The summed E-state index contributed by atoms with van der Waals surface area (Å²) in [6.45, 7) is 2.44.